The summed E-state index contributed by atoms with van der Waals surface area (Å²) in [5, 5.41) is 10.8. The maximum atomic E-state index is 13.0. The summed E-state index contributed by atoms with van der Waals surface area (Å²) in [6.07, 6.45) is -3.43. The number of carbonyl (C=O) groups excluding carboxylic acids is 1. The van der Waals surface area contributed by atoms with Gasteiger partial charge >= 0.3 is 6.18 Å². The average Bonchev–Trinajstić information content (AvgIpc) is 3.16. The first-order valence-corrected chi connectivity index (χ1v) is 10.1. The number of halogens is 5. The molecule has 0 fully saturated rings. The summed E-state index contributed by atoms with van der Waals surface area (Å²) in [7, 11) is 0. The van der Waals surface area contributed by atoms with Crippen LogP contribution in [0.3, 0.4) is 0 Å². The second-order valence-corrected chi connectivity index (χ2v) is 7.89. The van der Waals surface area contributed by atoms with Gasteiger partial charge in [0.15, 0.2) is 5.84 Å². The topological polar surface area (TPSA) is 78.1 Å². The van der Waals surface area contributed by atoms with Crippen molar-refractivity contribution in [3.05, 3.63) is 70.0 Å². The van der Waals surface area contributed by atoms with Gasteiger partial charge in [-0.15, -0.1) is 0 Å². The lowest BCUT2D eigenvalue weighted by molar-refractivity contribution is -0.114. The van der Waals surface area contributed by atoms with Crippen molar-refractivity contribution in [2.24, 2.45) is 10.1 Å². The largest absolute Gasteiger partial charge is 0.487 e. The van der Waals surface area contributed by atoms with Crippen LogP contribution in [-0.2, 0) is 11.4 Å². The predicted molar refractivity (Wildman–Crippen MR) is 113 cm³/mol. The Morgan fingerprint density at radius 3 is 2.56 bits per heavy atom. The molecule has 0 unspecified atom stereocenters. The molecule has 0 bridgehead atoms. The summed E-state index contributed by atoms with van der Waals surface area (Å²) in [6, 6.07) is 10.3. The van der Waals surface area contributed by atoms with Crippen molar-refractivity contribution < 1.29 is 27.1 Å². The molecule has 0 aliphatic carbocycles. The van der Waals surface area contributed by atoms with Crippen LogP contribution in [0, 0.1) is 11.2 Å². The van der Waals surface area contributed by atoms with Crippen molar-refractivity contribution in [1.82, 2.24) is 5.01 Å². The van der Waals surface area contributed by atoms with E-state index in [0.29, 0.717) is 16.3 Å². The van der Waals surface area contributed by atoms with Gasteiger partial charge in [-0.05, 0) is 53.2 Å². The zero-order valence-corrected chi connectivity index (χ0v) is 17.4. The van der Waals surface area contributed by atoms with Crippen LogP contribution in [0.5, 0.6) is 5.75 Å². The van der Waals surface area contributed by atoms with Gasteiger partial charge in [0, 0.05) is 0 Å². The van der Waals surface area contributed by atoms with Gasteiger partial charge in [-0.3, -0.25) is 10.2 Å². The lowest BCUT2D eigenvalue weighted by Crippen LogP contribution is -2.35. The van der Waals surface area contributed by atoms with E-state index in [9.17, 15) is 22.4 Å². The van der Waals surface area contributed by atoms with E-state index in [2.05, 4.69) is 10.1 Å². The van der Waals surface area contributed by atoms with Gasteiger partial charge < -0.3 is 4.74 Å². The summed E-state index contributed by atoms with van der Waals surface area (Å²) >= 11 is 6.41. The molecule has 4 rings (SSSR count). The van der Waals surface area contributed by atoms with Crippen molar-refractivity contribution in [2.45, 2.75) is 12.8 Å². The van der Waals surface area contributed by atoms with E-state index in [1.54, 1.807) is 18.2 Å². The molecule has 6 nitrogen and oxygen atoms in total. The number of nitrogens with one attached hydrogen (secondary N) is 1. The highest BCUT2D eigenvalue weighted by Gasteiger charge is 2.46. The Morgan fingerprint density at radius 1 is 1.19 bits per heavy atom. The molecule has 1 amide bonds. The summed E-state index contributed by atoms with van der Waals surface area (Å²) in [5.41, 5.74) is 0.895. The highest BCUT2D eigenvalue weighted by atomic mass is 35.5. The number of aliphatic imine (C=N–C) groups is 1. The molecule has 2 aliphatic rings. The normalized spacial score (nSPS) is 17.4. The van der Waals surface area contributed by atoms with Crippen LogP contribution >= 0.6 is 23.4 Å². The molecule has 0 spiro atoms. The highest BCUT2D eigenvalue weighted by molar-refractivity contribution is 8.27. The number of fused-ring (bicyclic) bond motifs is 1. The number of amides is 1. The number of ether oxygens (including phenoxy) is 1. The van der Waals surface area contributed by atoms with E-state index < -0.39 is 23.0 Å². The van der Waals surface area contributed by atoms with Gasteiger partial charge in [0.05, 0.1) is 10.6 Å². The van der Waals surface area contributed by atoms with Crippen molar-refractivity contribution in [2.75, 3.05) is 0 Å². The average molecular weight is 483 g/mol. The number of carbonyl (C=O) groups is 1. The van der Waals surface area contributed by atoms with E-state index in [0.717, 1.165) is 5.56 Å². The Balaban J connectivity index is 1.53. The quantitative estimate of drug-likeness (QED) is 0.477. The summed E-state index contributed by atoms with van der Waals surface area (Å²) in [4.78, 5) is 15.9. The smallest absolute Gasteiger partial charge is 0.441 e. The minimum absolute atomic E-state index is 0.146. The third-order valence-corrected chi connectivity index (χ3v) is 5.52. The molecule has 2 aromatic carbocycles. The van der Waals surface area contributed by atoms with Crippen LogP contribution in [0.15, 0.2) is 58.1 Å². The number of nitrogens with zero attached hydrogens (tertiary/aromatic N) is 3. The number of rotatable bonds is 4. The Hall–Kier alpha value is -3.18. The van der Waals surface area contributed by atoms with Crippen LogP contribution in [-0.4, -0.2) is 33.1 Å². The summed E-state index contributed by atoms with van der Waals surface area (Å²) < 4.78 is 57.3. The fourth-order valence-electron chi connectivity index (χ4n) is 2.74. The number of amidine groups is 2. The Labute approximate surface area is 187 Å². The van der Waals surface area contributed by atoms with Gasteiger partial charge in [-0.25, -0.2) is 4.39 Å². The molecule has 0 aromatic heterocycles. The third kappa shape index (κ3) is 4.53. The van der Waals surface area contributed by atoms with Crippen molar-refractivity contribution in [3.8, 4) is 5.75 Å². The maximum Gasteiger partial charge on any atom is 0.441 e. The molecular weight excluding hydrogens is 472 g/mol. The molecule has 0 radical (unpaired) electrons. The molecule has 32 heavy (non-hydrogen) atoms. The molecule has 12 heteroatoms. The molecule has 2 heterocycles. The minimum atomic E-state index is -4.71. The molecular formula is C20H11ClF4N4O2S. The fraction of sp³-hybridized carbons (Fsp3) is 0.100. The molecule has 0 atom stereocenters. The van der Waals surface area contributed by atoms with E-state index in [1.807, 2.05) is 0 Å². The molecule has 0 saturated carbocycles. The van der Waals surface area contributed by atoms with E-state index in [4.69, 9.17) is 21.7 Å². The maximum absolute atomic E-state index is 13.0. The molecule has 164 valence electrons. The van der Waals surface area contributed by atoms with Gasteiger partial charge in [0.1, 0.15) is 18.2 Å². The third-order valence-electron chi connectivity index (χ3n) is 4.27. The van der Waals surface area contributed by atoms with Gasteiger partial charge in [0.2, 0.25) is 10.2 Å². The van der Waals surface area contributed by atoms with Gasteiger partial charge in [-0.1, -0.05) is 29.8 Å². The summed E-state index contributed by atoms with van der Waals surface area (Å²) in [6.45, 7) is 0.146. The standard InChI is InChI=1S/C20H11ClF4N4O2S/c21-14-8-11(3-6-15(14)31-9-10-1-4-12(22)5-2-10)7-13-16(26)29-19(27-17(13)30)32-18(28-29)20(23,24)25/h1-8,26H,9H2/b13-7-,26-16?. The van der Waals surface area contributed by atoms with E-state index in [1.165, 1.54) is 30.3 Å². The molecule has 0 saturated heterocycles. The first-order chi connectivity index (χ1) is 15.1. The van der Waals surface area contributed by atoms with Gasteiger partial charge in [0.25, 0.3) is 5.91 Å². The lowest BCUT2D eigenvalue weighted by atomic mass is 10.1. The van der Waals surface area contributed by atoms with E-state index in [-0.39, 0.29) is 39.9 Å². The Morgan fingerprint density at radius 2 is 1.91 bits per heavy atom. The van der Waals surface area contributed by atoms with Crippen LogP contribution in [0.1, 0.15) is 11.1 Å². The lowest BCUT2D eigenvalue weighted by Gasteiger charge is -2.20. The van der Waals surface area contributed by atoms with Crippen LogP contribution in [0.4, 0.5) is 17.6 Å². The number of thioether (sulfide) groups is 1. The Kier molecular flexibility index (Phi) is 5.78. The van der Waals surface area contributed by atoms with Crippen LogP contribution in [0.25, 0.3) is 6.08 Å². The highest BCUT2D eigenvalue weighted by Crippen LogP contribution is 2.35. The number of hydrogen-bond donors (Lipinski definition) is 1. The second-order valence-electron chi connectivity index (χ2n) is 6.53. The predicted octanol–water partition coefficient (Wildman–Crippen LogP) is 5.24. The second kappa shape index (κ2) is 8.40. The SMILES string of the molecule is N=C1/C(=C/c2ccc(OCc3ccc(F)cc3)c(Cl)c2)C(=O)N=C2SC(C(F)(F)F)=NN12. The number of benzene rings is 2. The minimum Gasteiger partial charge on any atom is -0.487 e. The first kappa shape index (κ1) is 22.0. The monoisotopic (exact) mass is 482 g/mol. The number of hydrazone groups is 1. The zero-order chi connectivity index (χ0) is 23.0. The van der Waals surface area contributed by atoms with E-state index >= 15 is 0 Å². The summed E-state index contributed by atoms with van der Waals surface area (Å²) in [5.74, 6) is -1.42. The molecule has 1 N–H and O–H groups in total. The first-order valence-electron chi connectivity index (χ1n) is 8.86. The Bertz CT molecular complexity index is 1210. The van der Waals surface area contributed by atoms with Crippen molar-refractivity contribution >= 4 is 51.4 Å². The zero-order valence-electron chi connectivity index (χ0n) is 15.8. The van der Waals surface area contributed by atoms with Gasteiger partial charge in [-0.2, -0.15) is 28.3 Å². The van der Waals surface area contributed by atoms with Crippen LogP contribution < -0.4 is 4.74 Å². The fourth-order valence-corrected chi connectivity index (χ4v) is 3.74. The van der Waals surface area contributed by atoms with Crippen LogP contribution in [0.2, 0.25) is 5.02 Å². The number of hydrogen-bond acceptors (Lipinski definition) is 5. The molecule has 2 aromatic rings. The number of alkyl halides is 3. The van der Waals surface area contributed by atoms with Crippen molar-refractivity contribution in [1.29, 1.82) is 5.41 Å². The molecule has 2 aliphatic heterocycles. The van der Waals surface area contributed by atoms with Crippen molar-refractivity contribution in [3.63, 3.8) is 0 Å².